The van der Waals surface area contributed by atoms with Gasteiger partial charge in [-0.1, -0.05) is 12.1 Å². The highest BCUT2D eigenvalue weighted by Gasteiger charge is 2.31. The fraction of sp³-hybridized carbons (Fsp3) is 0.429. The normalized spacial score (nSPS) is 16.0. The van der Waals surface area contributed by atoms with E-state index in [9.17, 15) is 9.59 Å². The number of benzene rings is 1. The maximum atomic E-state index is 12.7. The molecule has 1 aliphatic rings. The Labute approximate surface area is 165 Å². The van der Waals surface area contributed by atoms with Gasteiger partial charge < -0.3 is 24.3 Å². The maximum absolute atomic E-state index is 12.7. The predicted molar refractivity (Wildman–Crippen MR) is 105 cm³/mol. The molecule has 0 aliphatic carbocycles. The number of hydrogen-bond acceptors (Lipinski definition) is 4. The zero-order chi connectivity index (χ0) is 19.9. The first-order valence-corrected chi connectivity index (χ1v) is 9.47. The van der Waals surface area contributed by atoms with Gasteiger partial charge in [-0.25, -0.2) is 0 Å². The van der Waals surface area contributed by atoms with Gasteiger partial charge in [0.2, 0.25) is 5.91 Å². The molecule has 1 aliphatic heterocycles. The second kappa shape index (κ2) is 9.41. The van der Waals surface area contributed by atoms with Crippen LogP contribution < -0.4 is 10.1 Å². The van der Waals surface area contributed by atoms with E-state index in [2.05, 4.69) is 5.32 Å². The Kier molecular flexibility index (Phi) is 6.71. The van der Waals surface area contributed by atoms with Crippen LogP contribution in [-0.4, -0.2) is 61.2 Å². The number of hydrogen-bond donors (Lipinski definition) is 1. The van der Waals surface area contributed by atoms with Gasteiger partial charge in [0, 0.05) is 39.4 Å². The number of nitrogens with one attached hydrogen (secondary N) is 1. The summed E-state index contributed by atoms with van der Waals surface area (Å²) in [6, 6.07) is 11.3. The third-order valence-corrected chi connectivity index (χ3v) is 5.03. The first-order chi connectivity index (χ1) is 13.6. The Balaban J connectivity index is 1.53. The monoisotopic (exact) mass is 385 g/mol. The van der Waals surface area contributed by atoms with Crippen LogP contribution in [-0.2, 0) is 22.5 Å². The van der Waals surface area contributed by atoms with Crippen molar-refractivity contribution in [3.8, 4) is 5.75 Å². The van der Waals surface area contributed by atoms with Crippen molar-refractivity contribution in [2.75, 3.05) is 33.9 Å². The summed E-state index contributed by atoms with van der Waals surface area (Å²) in [5, 5.41) is 2.98. The summed E-state index contributed by atoms with van der Waals surface area (Å²) >= 11 is 0. The van der Waals surface area contributed by atoms with E-state index >= 15 is 0 Å². The molecule has 2 aromatic rings. The first kappa shape index (κ1) is 19.9. The fourth-order valence-electron chi connectivity index (χ4n) is 3.42. The van der Waals surface area contributed by atoms with Crippen LogP contribution in [0.25, 0.3) is 0 Å². The third kappa shape index (κ3) is 4.72. The fourth-order valence-corrected chi connectivity index (χ4v) is 3.42. The van der Waals surface area contributed by atoms with Crippen molar-refractivity contribution in [2.24, 2.45) is 0 Å². The molecule has 1 unspecified atom stereocenters. The van der Waals surface area contributed by atoms with Crippen LogP contribution in [0.5, 0.6) is 5.75 Å². The second-order valence-electron chi connectivity index (χ2n) is 6.84. The lowest BCUT2D eigenvalue weighted by molar-refractivity contribution is -0.121. The molecule has 1 aromatic carbocycles. The van der Waals surface area contributed by atoms with Crippen molar-refractivity contribution in [3.05, 3.63) is 53.9 Å². The zero-order valence-corrected chi connectivity index (χ0v) is 16.4. The summed E-state index contributed by atoms with van der Waals surface area (Å²) in [6.45, 7) is 2.06. The minimum Gasteiger partial charge on any atom is -0.497 e. The van der Waals surface area contributed by atoms with Gasteiger partial charge >= 0.3 is 0 Å². The Hall–Kier alpha value is -2.80. The molecule has 1 atom stereocenters. The zero-order valence-electron chi connectivity index (χ0n) is 16.4. The minimum absolute atomic E-state index is 0.0201. The van der Waals surface area contributed by atoms with E-state index in [1.54, 1.807) is 19.1 Å². The summed E-state index contributed by atoms with van der Waals surface area (Å²) in [5.74, 6) is 0.759. The molecule has 3 rings (SSSR count). The number of methoxy groups -OCH3 is 2. The molecule has 1 N–H and O–H groups in total. The molecule has 1 aromatic heterocycles. The second-order valence-corrected chi connectivity index (χ2v) is 6.84. The number of aryl methyl sites for hydroxylation is 1. The molecule has 0 spiro atoms. The lowest BCUT2D eigenvalue weighted by atomic mass is 10.1. The molecule has 0 saturated carbocycles. The van der Waals surface area contributed by atoms with Crippen LogP contribution in [0.1, 0.15) is 22.5 Å². The summed E-state index contributed by atoms with van der Waals surface area (Å²) in [7, 11) is 3.25. The number of carbonyl (C=O) groups excluding carboxylic acids is 2. The Morgan fingerprint density at radius 1 is 1.21 bits per heavy atom. The predicted octanol–water partition coefficient (Wildman–Crippen LogP) is 1.72. The van der Waals surface area contributed by atoms with Crippen molar-refractivity contribution >= 4 is 11.8 Å². The van der Waals surface area contributed by atoms with Crippen LogP contribution in [0.3, 0.4) is 0 Å². The van der Waals surface area contributed by atoms with Crippen LogP contribution in [0.15, 0.2) is 42.6 Å². The van der Waals surface area contributed by atoms with Gasteiger partial charge in [-0.2, -0.15) is 0 Å². The van der Waals surface area contributed by atoms with E-state index in [1.165, 1.54) is 0 Å². The van der Waals surface area contributed by atoms with Crippen LogP contribution in [0.4, 0.5) is 0 Å². The van der Waals surface area contributed by atoms with Gasteiger partial charge in [-0.05, 0) is 36.2 Å². The summed E-state index contributed by atoms with van der Waals surface area (Å²) in [4.78, 5) is 26.8. The highest BCUT2D eigenvalue weighted by atomic mass is 16.5. The van der Waals surface area contributed by atoms with Crippen LogP contribution in [0, 0.1) is 0 Å². The summed E-state index contributed by atoms with van der Waals surface area (Å²) in [5.41, 5.74) is 1.76. The summed E-state index contributed by atoms with van der Waals surface area (Å²) in [6.07, 6.45) is 2.97. The summed E-state index contributed by atoms with van der Waals surface area (Å²) < 4.78 is 12.2. The number of rotatable bonds is 9. The maximum Gasteiger partial charge on any atom is 0.270 e. The first-order valence-electron chi connectivity index (χ1n) is 9.47. The van der Waals surface area contributed by atoms with E-state index in [-0.39, 0.29) is 17.9 Å². The molecule has 2 heterocycles. The Morgan fingerprint density at radius 3 is 2.71 bits per heavy atom. The molecule has 28 heavy (non-hydrogen) atoms. The quantitative estimate of drug-likeness (QED) is 0.713. The molecule has 0 bridgehead atoms. The molecule has 0 saturated heterocycles. The molecule has 2 amide bonds. The topological polar surface area (TPSA) is 72.8 Å². The number of amides is 2. The number of ether oxygens (including phenoxy) is 2. The van der Waals surface area contributed by atoms with Gasteiger partial charge in [0.25, 0.3) is 5.91 Å². The number of carbonyl (C=O) groups is 2. The van der Waals surface area contributed by atoms with E-state index in [1.807, 2.05) is 47.2 Å². The van der Waals surface area contributed by atoms with Crippen molar-refractivity contribution in [3.63, 3.8) is 0 Å². The average molecular weight is 385 g/mol. The van der Waals surface area contributed by atoms with E-state index in [0.717, 1.165) is 11.3 Å². The number of aromatic nitrogens is 1. The average Bonchev–Trinajstić information content (AvgIpc) is 3.19. The molecule has 0 radical (unpaired) electrons. The van der Waals surface area contributed by atoms with Gasteiger partial charge in [0.05, 0.1) is 19.8 Å². The molecule has 0 fully saturated rings. The molecule has 150 valence electrons. The van der Waals surface area contributed by atoms with Gasteiger partial charge in [0.15, 0.2) is 0 Å². The van der Waals surface area contributed by atoms with Gasteiger partial charge in [-0.15, -0.1) is 0 Å². The standard InChI is InChI=1S/C21H27N3O4/c1-27-13-12-24-17(15-23-11-3-4-19(23)21(24)26)14-22-20(25)10-7-16-5-8-18(28-2)9-6-16/h3-6,8-9,11,17H,7,10,12-15H2,1-2H3,(H,22,25). The van der Waals surface area contributed by atoms with Crippen LogP contribution in [0.2, 0.25) is 0 Å². The van der Waals surface area contributed by atoms with Crippen LogP contribution >= 0.6 is 0 Å². The van der Waals surface area contributed by atoms with Gasteiger partial charge in [-0.3, -0.25) is 9.59 Å². The Morgan fingerprint density at radius 2 is 2.00 bits per heavy atom. The van der Waals surface area contributed by atoms with Crippen molar-refractivity contribution < 1.29 is 19.1 Å². The van der Waals surface area contributed by atoms with E-state index < -0.39 is 0 Å². The minimum atomic E-state index is -0.0903. The SMILES string of the molecule is COCCN1C(=O)c2cccn2CC1CNC(=O)CCc1ccc(OC)cc1. The number of fused-ring (bicyclic) bond motifs is 1. The molecule has 7 nitrogen and oxygen atoms in total. The van der Waals surface area contributed by atoms with E-state index in [0.29, 0.717) is 44.8 Å². The smallest absolute Gasteiger partial charge is 0.270 e. The van der Waals surface area contributed by atoms with Crippen molar-refractivity contribution in [2.45, 2.75) is 25.4 Å². The lowest BCUT2D eigenvalue weighted by Gasteiger charge is -2.36. The Bertz CT molecular complexity index is 800. The molecular formula is C21H27N3O4. The lowest BCUT2D eigenvalue weighted by Crippen LogP contribution is -2.53. The van der Waals surface area contributed by atoms with Crippen molar-refractivity contribution in [1.29, 1.82) is 0 Å². The highest BCUT2D eigenvalue weighted by molar-refractivity contribution is 5.93. The van der Waals surface area contributed by atoms with Crippen molar-refractivity contribution in [1.82, 2.24) is 14.8 Å². The van der Waals surface area contributed by atoms with E-state index in [4.69, 9.17) is 9.47 Å². The molecule has 7 heteroatoms. The largest absolute Gasteiger partial charge is 0.497 e. The highest BCUT2D eigenvalue weighted by Crippen LogP contribution is 2.18. The van der Waals surface area contributed by atoms with Gasteiger partial charge in [0.1, 0.15) is 11.4 Å². The number of nitrogens with zero attached hydrogens (tertiary/aromatic N) is 2. The third-order valence-electron chi connectivity index (χ3n) is 5.03. The molecular weight excluding hydrogens is 358 g/mol.